The Bertz CT molecular complexity index is 385. The van der Waals surface area contributed by atoms with Gasteiger partial charge in [-0.15, -0.1) is 0 Å². The molecule has 0 aliphatic rings. The average Bonchev–Trinajstić information content (AvgIpc) is 2.47. The van der Waals surface area contributed by atoms with E-state index >= 15 is 0 Å². The van der Waals surface area contributed by atoms with Gasteiger partial charge >= 0.3 is 0 Å². The lowest BCUT2D eigenvalue weighted by molar-refractivity contribution is 0.135. The van der Waals surface area contributed by atoms with Gasteiger partial charge in [0.05, 0.1) is 6.10 Å². The highest BCUT2D eigenvalue weighted by Crippen LogP contribution is 2.29. The van der Waals surface area contributed by atoms with E-state index in [4.69, 9.17) is 4.74 Å². The van der Waals surface area contributed by atoms with Crippen LogP contribution in [0, 0.1) is 0 Å². The summed E-state index contributed by atoms with van der Waals surface area (Å²) in [5, 5.41) is 0. The van der Waals surface area contributed by atoms with Gasteiger partial charge in [-0.05, 0) is 64.3 Å². The number of hydrogen-bond acceptors (Lipinski definition) is 2. The summed E-state index contributed by atoms with van der Waals surface area (Å²) >= 11 is 0. The molecule has 0 spiro atoms. The molecule has 1 rings (SSSR count). The smallest absolute Gasteiger partial charge is 0.119 e. The summed E-state index contributed by atoms with van der Waals surface area (Å²) in [6, 6.07) is 9.82. The van der Waals surface area contributed by atoms with Crippen molar-refractivity contribution >= 4 is 0 Å². The fourth-order valence-electron chi connectivity index (χ4n) is 2.88. The maximum absolute atomic E-state index is 5.75. The minimum Gasteiger partial charge on any atom is -0.491 e. The topological polar surface area (TPSA) is 12.5 Å². The van der Waals surface area contributed by atoms with Crippen LogP contribution in [0.1, 0.15) is 72.4 Å². The Morgan fingerprint density at radius 1 is 0.952 bits per heavy atom. The van der Waals surface area contributed by atoms with E-state index in [0.29, 0.717) is 12.1 Å². The fraction of sp³-hybridized carbons (Fsp3) is 0.684. The highest BCUT2D eigenvalue weighted by atomic mass is 16.5. The Morgan fingerprint density at radius 3 is 2.00 bits per heavy atom. The second-order valence-electron chi connectivity index (χ2n) is 6.15. The van der Waals surface area contributed by atoms with Crippen molar-refractivity contribution in [3.63, 3.8) is 0 Å². The lowest BCUT2D eigenvalue weighted by Gasteiger charge is -2.36. The lowest BCUT2D eigenvalue weighted by Crippen LogP contribution is -2.36. The lowest BCUT2D eigenvalue weighted by atomic mass is 10.00. The van der Waals surface area contributed by atoms with Crippen molar-refractivity contribution in [2.75, 3.05) is 6.54 Å². The number of nitrogens with zero attached hydrogens (tertiary/aromatic N) is 1. The van der Waals surface area contributed by atoms with Crippen LogP contribution in [0.2, 0.25) is 0 Å². The van der Waals surface area contributed by atoms with Crippen molar-refractivity contribution < 1.29 is 4.74 Å². The molecule has 0 saturated heterocycles. The summed E-state index contributed by atoms with van der Waals surface area (Å²) in [6.07, 6.45) is 3.78. The summed E-state index contributed by atoms with van der Waals surface area (Å²) in [5.41, 5.74) is 1.40. The minimum absolute atomic E-state index is 0.231. The highest BCUT2D eigenvalue weighted by Gasteiger charge is 2.22. The zero-order chi connectivity index (χ0) is 15.8. The molecule has 0 bridgehead atoms. The quantitative estimate of drug-likeness (QED) is 0.601. The minimum atomic E-state index is 0.231. The molecule has 2 atom stereocenters. The summed E-state index contributed by atoms with van der Waals surface area (Å²) in [5.74, 6) is 0.967. The second-order valence-corrected chi connectivity index (χ2v) is 6.15. The van der Waals surface area contributed by atoms with Crippen LogP contribution in [0.25, 0.3) is 0 Å². The first-order chi connectivity index (χ1) is 10.0. The Balaban J connectivity index is 2.91. The standard InChI is InChI=1S/C19H33NO/c1-7-14-20(16(6)8-2)19(9-3)17-10-12-18(13-11-17)21-15(4)5/h10-13,15-16,19H,7-9,14H2,1-6H3/t16-,19?/m0/s1. The predicted molar refractivity (Wildman–Crippen MR) is 92.0 cm³/mol. The molecule has 0 N–H and O–H groups in total. The van der Waals surface area contributed by atoms with Crippen LogP contribution in [-0.4, -0.2) is 23.6 Å². The van der Waals surface area contributed by atoms with Crippen molar-refractivity contribution in [1.82, 2.24) is 4.90 Å². The molecular formula is C19H33NO. The maximum atomic E-state index is 5.75. The van der Waals surface area contributed by atoms with Crippen LogP contribution in [0.4, 0.5) is 0 Å². The summed E-state index contributed by atoms with van der Waals surface area (Å²) in [6.45, 7) is 14.5. The molecule has 1 unspecified atom stereocenters. The van der Waals surface area contributed by atoms with E-state index in [2.05, 4.69) is 70.7 Å². The number of benzene rings is 1. The van der Waals surface area contributed by atoms with E-state index in [-0.39, 0.29) is 6.10 Å². The molecule has 1 aromatic carbocycles. The molecular weight excluding hydrogens is 258 g/mol. The molecule has 2 heteroatoms. The van der Waals surface area contributed by atoms with Crippen molar-refractivity contribution in [2.45, 2.75) is 79.0 Å². The largest absolute Gasteiger partial charge is 0.491 e. The Hall–Kier alpha value is -1.02. The molecule has 0 amide bonds. The van der Waals surface area contributed by atoms with E-state index in [1.807, 2.05) is 0 Å². The number of rotatable bonds is 9. The van der Waals surface area contributed by atoms with Crippen LogP contribution in [0.5, 0.6) is 5.75 Å². The molecule has 0 aromatic heterocycles. The van der Waals surface area contributed by atoms with E-state index in [1.165, 1.54) is 18.4 Å². The molecule has 120 valence electrons. The first-order valence-corrected chi connectivity index (χ1v) is 8.55. The molecule has 21 heavy (non-hydrogen) atoms. The first-order valence-electron chi connectivity index (χ1n) is 8.55. The van der Waals surface area contributed by atoms with Gasteiger partial charge < -0.3 is 4.74 Å². The van der Waals surface area contributed by atoms with Crippen molar-refractivity contribution in [3.8, 4) is 5.75 Å². The third-order valence-corrected chi connectivity index (χ3v) is 4.06. The van der Waals surface area contributed by atoms with Gasteiger partial charge in [0.2, 0.25) is 0 Å². The molecule has 0 saturated carbocycles. The molecule has 0 aliphatic heterocycles. The monoisotopic (exact) mass is 291 g/mol. The van der Waals surface area contributed by atoms with Gasteiger partial charge in [-0.25, -0.2) is 0 Å². The van der Waals surface area contributed by atoms with E-state index < -0.39 is 0 Å². The third kappa shape index (κ3) is 5.35. The second kappa shape index (κ2) is 9.09. The number of hydrogen-bond donors (Lipinski definition) is 0. The Labute approximate surface area is 131 Å². The van der Waals surface area contributed by atoms with Gasteiger partial charge in [0.15, 0.2) is 0 Å². The van der Waals surface area contributed by atoms with Crippen LogP contribution >= 0.6 is 0 Å². The Morgan fingerprint density at radius 2 is 1.57 bits per heavy atom. The summed E-state index contributed by atoms with van der Waals surface area (Å²) in [4.78, 5) is 2.65. The van der Waals surface area contributed by atoms with Gasteiger partial charge in [-0.3, -0.25) is 4.90 Å². The maximum Gasteiger partial charge on any atom is 0.119 e. The van der Waals surface area contributed by atoms with Crippen LogP contribution in [0.15, 0.2) is 24.3 Å². The molecule has 0 fully saturated rings. The van der Waals surface area contributed by atoms with E-state index in [9.17, 15) is 0 Å². The molecule has 1 aromatic rings. The average molecular weight is 291 g/mol. The van der Waals surface area contributed by atoms with Gasteiger partial charge in [0.1, 0.15) is 5.75 Å². The van der Waals surface area contributed by atoms with Crippen LogP contribution in [0.3, 0.4) is 0 Å². The van der Waals surface area contributed by atoms with Gasteiger partial charge in [0.25, 0.3) is 0 Å². The molecule has 0 heterocycles. The summed E-state index contributed by atoms with van der Waals surface area (Å²) in [7, 11) is 0. The molecule has 2 nitrogen and oxygen atoms in total. The Kier molecular flexibility index (Phi) is 7.81. The number of ether oxygens (including phenoxy) is 1. The van der Waals surface area contributed by atoms with Gasteiger partial charge in [-0.2, -0.15) is 0 Å². The van der Waals surface area contributed by atoms with Crippen LogP contribution in [-0.2, 0) is 0 Å². The van der Waals surface area contributed by atoms with Crippen molar-refractivity contribution in [2.24, 2.45) is 0 Å². The van der Waals surface area contributed by atoms with Gasteiger partial charge in [0, 0.05) is 12.1 Å². The van der Waals surface area contributed by atoms with Crippen molar-refractivity contribution in [3.05, 3.63) is 29.8 Å². The SMILES string of the molecule is CCCN(C(CC)c1ccc(OC(C)C)cc1)[C@@H](C)CC. The van der Waals surface area contributed by atoms with E-state index in [1.54, 1.807) is 0 Å². The zero-order valence-electron chi connectivity index (χ0n) is 14.7. The van der Waals surface area contributed by atoms with Crippen molar-refractivity contribution in [1.29, 1.82) is 0 Å². The summed E-state index contributed by atoms with van der Waals surface area (Å²) < 4.78 is 5.75. The molecule has 0 aliphatic carbocycles. The van der Waals surface area contributed by atoms with E-state index in [0.717, 1.165) is 18.7 Å². The molecule has 0 radical (unpaired) electrons. The zero-order valence-corrected chi connectivity index (χ0v) is 14.7. The van der Waals surface area contributed by atoms with Crippen LogP contribution < -0.4 is 4.74 Å². The normalized spacial score (nSPS) is 14.5. The first kappa shape index (κ1) is 18.0. The predicted octanol–water partition coefficient (Wildman–Crippen LogP) is 5.44. The fourth-order valence-corrected chi connectivity index (χ4v) is 2.88. The highest BCUT2D eigenvalue weighted by molar-refractivity contribution is 5.29. The van der Waals surface area contributed by atoms with Gasteiger partial charge in [-0.1, -0.05) is 32.9 Å². The third-order valence-electron chi connectivity index (χ3n) is 4.06.